The van der Waals surface area contributed by atoms with E-state index in [9.17, 15) is 27.6 Å². The van der Waals surface area contributed by atoms with Gasteiger partial charge in [-0.25, -0.2) is 4.79 Å². The van der Waals surface area contributed by atoms with Crippen LogP contribution in [0, 0.1) is 5.92 Å². The van der Waals surface area contributed by atoms with E-state index in [1.54, 1.807) is 13.8 Å². The lowest BCUT2D eigenvalue weighted by Crippen LogP contribution is -2.37. The van der Waals surface area contributed by atoms with Gasteiger partial charge in [-0.15, -0.1) is 5.06 Å². The van der Waals surface area contributed by atoms with E-state index in [4.69, 9.17) is 4.55 Å². The Morgan fingerprint density at radius 3 is 2.35 bits per heavy atom. The van der Waals surface area contributed by atoms with E-state index in [0.717, 1.165) is 0 Å². The van der Waals surface area contributed by atoms with Gasteiger partial charge in [-0.1, -0.05) is 13.8 Å². The van der Waals surface area contributed by atoms with Crippen LogP contribution in [0.25, 0.3) is 0 Å². The molecule has 20 heavy (non-hydrogen) atoms. The summed E-state index contributed by atoms with van der Waals surface area (Å²) >= 11 is 0. The lowest BCUT2D eigenvalue weighted by molar-refractivity contribution is -0.197. The van der Waals surface area contributed by atoms with Crippen LogP contribution in [0.4, 0.5) is 0 Å². The molecule has 1 fully saturated rings. The summed E-state index contributed by atoms with van der Waals surface area (Å²) in [5, 5.41) is -2.02. The summed E-state index contributed by atoms with van der Waals surface area (Å²) in [5.74, 6) is -4.48. The van der Waals surface area contributed by atoms with Crippen molar-refractivity contribution in [3.8, 4) is 0 Å². The molecule has 0 saturated carbocycles. The number of nitrogens with zero attached hydrogens (tertiary/aromatic N) is 1. The maximum absolute atomic E-state index is 11.5. The van der Waals surface area contributed by atoms with E-state index in [1.807, 2.05) is 0 Å². The molecule has 1 unspecified atom stereocenters. The number of ketones is 1. The predicted molar refractivity (Wildman–Crippen MR) is 62.4 cm³/mol. The normalized spacial score (nSPS) is 19.6. The van der Waals surface area contributed by atoms with Crippen LogP contribution in [0.15, 0.2) is 0 Å². The van der Waals surface area contributed by atoms with E-state index < -0.39 is 57.7 Å². The van der Waals surface area contributed by atoms with Gasteiger partial charge < -0.3 is 4.84 Å². The molecule has 0 aromatic heterocycles. The molecule has 1 aliphatic rings. The summed E-state index contributed by atoms with van der Waals surface area (Å²) in [6.45, 7) is 3.10. The van der Waals surface area contributed by atoms with Crippen molar-refractivity contribution in [2.75, 3.05) is 0 Å². The van der Waals surface area contributed by atoms with Crippen molar-refractivity contribution in [1.29, 1.82) is 0 Å². The highest BCUT2D eigenvalue weighted by Crippen LogP contribution is 2.20. The molecular formula is C10H13NO8S. The highest BCUT2D eigenvalue weighted by atomic mass is 32.2. The van der Waals surface area contributed by atoms with Gasteiger partial charge in [-0.05, 0) is 0 Å². The fourth-order valence-corrected chi connectivity index (χ4v) is 2.10. The quantitative estimate of drug-likeness (QED) is 0.391. The second-order valence-corrected chi connectivity index (χ2v) is 6.09. The summed E-state index contributed by atoms with van der Waals surface area (Å²) < 4.78 is 30.5. The van der Waals surface area contributed by atoms with Crippen LogP contribution in [0.3, 0.4) is 0 Å². The van der Waals surface area contributed by atoms with Crippen LogP contribution >= 0.6 is 0 Å². The first-order chi connectivity index (χ1) is 9.04. The first-order valence-corrected chi connectivity index (χ1v) is 7.11. The van der Waals surface area contributed by atoms with Gasteiger partial charge in [0.1, 0.15) is 12.2 Å². The largest absolute Gasteiger partial charge is 0.340 e. The van der Waals surface area contributed by atoms with Crippen LogP contribution in [-0.2, 0) is 34.1 Å². The molecule has 1 rings (SSSR count). The van der Waals surface area contributed by atoms with Crippen LogP contribution < -0.4 is 0 Å². The molecule has 112 valence electrons. The average Bonchev–Trinajstić information content (AvgIpc) is 2.56. The summed E-state index contributed by atoms with van der Waals surface area (Å²) in [6, 6.07) is 0. The Morgan fingerprint density at radius 2 is 1.95 bits per heavy atom. The zero-order valence-electron chi connectivity index (χ0n) is 10.7. The molecule has 1 saturated heterocycles. The molecule has 1 N–H and O–H groups in total. The maximum atomic E-state index is 11.5. The zero-order valence-corrected chi connectivity index (χ0v) is 11.5. The fraction of sp³-hybridized carbons (Fsp3) is 0.600. The van der Waals surface area contributed by atoms with Crippen LogP contribution in [0.2, 0.25) is 0 Å². The number of hydrogen-bond donors (Lipinski definition) is 1. The SMILES string of the molecule is CC(C)C(=O)CC(=O)ON1C(=O)CC(S(=O)(=O)O)C1=O. The molecule has 9 nitrogen and oxygen atoms in total. The Bertz CT molecular complexity index is 564. The predicted octanol–water partition coefficient (Wildman–Crippen LogP) is -0.925. The average molecular weight is 307 g/mol. The Balaban J connectivity index is 2.74. The van der Waals surface area contributed by atoms with Gasteiger partial charge in [0.05, 0.1) is 6.42 Å². The second-order valence-electron chi connectivity index (χ2n) is 4.50. The Kier molecular flexibility index (Phi) is 4.61. The van der Waals surface area contributed by atoms with E-state index in [-0.39, 0.29) is 5.06 Å². The molecule has 1 atom stereocenters. The van der Waals surface area contributed by atoms with Crippen LogP contribution in [0.1, 0.15) is 26.7 Å². The van der Waals surface area contributed by atoms with E-state index >= 15 is 0 Å². The number of amides is 2. The molecule has 0 aromatic rings. The minimum atomic E-state index is -4.76. The first-order valence-electron chi connectivity index (χ1n) is 5.60. The van der Waals surface area contributed by atoms with Gasteiger partial charge in [-0.2, -0.15) is 8.42 Å². The summed E-state index contributed by atoms with van der Waals surface area (Å²) in [5.41, 5.74) is 0. The topological polar surface area (TPSA) is 135 Å². The third kappa shape index (κ3) is 3.61. The van der Waals surface area contributed by atoms with Gasteiger partial charge in [-0.3, -0.25) is 18.9 Å². The molecule has 0 spiro atoms. The summed E-state index contributed by atoms with van der Waals surface area (Å²) in [6.07, 6.45) is -1.46. The number of hydroxylamine groups is 2. The molecule has 0 aromatic carbocycles. The first kappa shape index (κ1) is 16.2. The molecule has 10 heteroatoms. The van der Waals surface area contributed by atoms with Gasteiger partial charge in [0.2, 0.25) is 0 Å². The highest BCUT2D eigenvalue weighted by Gasteiger charge is 2.48. The van der Waals surface area contributed by atoms with Crippen molar-refractivity contribution < 1.29 is 37.0 Å². The van der Waals surface area contributed by atoms with Gasteiger partial charge in [0.25, 0.3) is 21.9 Å². The maximum Gasteiger partial charge on any atom is 0.340 e. The number of hydrogen-bond acceptors (Lipinski definition) is 7. The monoisotopic (exact) mass is 307 g/mol. The molecule has 0 bridgehead atoms. The number of rotatable bonds is 5. The summed E-state index contributed by atoms with van der Waals surface area (Å²) in [4.78, 5) is 49.9. The molecule has 0 radical (unpaired) electrons. The third-order valence-corrected chi connectivity index (χ3v) is 3.66. The molecular weight excluding hydrogens is 294 g/mol. The minimum Gasteiger partial charge on any atom is -0.330 e. The van der Waals surface area contributed by atoms with E-state index in [0.29, 0.717) is 0 Å². The summed E-state index contributed by atoms with van der Waals surface area (Å²) in [7, 11) is -4.76. The highest BCUT2D eigenvalue weighted by molar-refractivity contribution is 7.87. The zero-order chi connectivity index (χ0) is 15.7. The van der Waals surface area contributed by atoms with Crippen molar-refractivity contribution in [3.05, 3.63) is 0 Å². The van der Waals surface area contributed by atoms with Crippen LogP contribution in [0.5, 0.6) is 0 Å². The fourth-order valence-electron chi connectivity index (χ4n) is 1.39. The van der Waals surface area contributed by atoms with Crippen molar-refractivity contribution >= 4 is 33.7 Å². The number of imide groups is 1. The molecule has 1 heterocycles. The number of Topliss-reactive ketones (excluding diaryl/α,β-unsaturated/α-hetero) is 1. The van der Waals surface area contributed by atoms with Gasteiger partial charge in [0.15, 0.2) is 5.25 Å². The second kappa shape index (κ2) is 5.67. The third-order valence-electron chi connectivity index (χ3n) is 2.58. The van der Waals surface area contributed by atoms with Crippen molar-refractivity contribution in [2.45, 2.75) is 31.9 Å². The van der Waals surface area contributed by atoms with E-state index in [1.165, 1.54) is 0 Å². The standard InChI is InChI=1S/C10H13NO8S/c1-5(2)6(12)3-9(14)19-11-8(13)4-7(10(11)15)20(16,17)18/h5,7H,3-4H2,1-2H3,(H,16,17,18). The smallest absolute Gasteiger partial charge is 0.330 e. The number of carbonyl (C=O) groups is 4. The van der Waals surface area contributed by atoms with Crippen molar-refractivity contribution in [2.24, 2.45) is 5.92 Å². The molecule has 0 aliphatic carbocycles. The number of carbonyl (C=O) groups excluding carboxylic acids is 4. The minimum absolute atomic E-state index is 0.0334. The van der Waals surface area contributed by atoms with Crippen molar-refractivity contribution in [1.82, 2.24) is 5.06 Å². The van der Waals surface area contributed by atoms with Gasteiger partial charge in [0, 0.05) is 5.92 Å². The molecule has 1 aliphatic heterocycles. The Hall–Kier alpha value is -1.81. The Morgan fingerprint density at radius 1 is 1.40 bits per heavy atom. The lowest BCUT2D eigenvalue weighted by Gasteiger charge is -2.13. The van der Waals surface area contributed by atoms with E-state index in [2.05, 4.69) is 4.84 Å². The molecule has 2 amide bonds. The van der Waals surface area contributed by atoms with Gasteiger partial charge >= 0.3 is 5.97 Å². The van der Waals surface area contributed by atoms with Crippen LogP contribution in [-0.4, -0.2) is 46.9 Å². The lowest BCUT2D eigenvalue weighted by atomic mass is 10.1. The van der Waals surface area contributed by atoms with Crippen molar-refractivity contribution in [3.63, 3.8) is 0 Å². The Labute approximate surface area is 114 Å².